The predicted octanol–water partition coefficient (Wildman–Crippen LogP) is 4.72. The third-order valence-corrected chi connectivity index (χ3v) is 5.92. The van der Waals surface area contributed by atoms with Crippen molar-refractivity contribution in [2.75, 3.05) is 7.05 Å². The van der Waals surface area contributed by atoms with Gasteiger partial charge in [-0.05, 0) is 42.2 Å². The lowest BCUT2D eigenvalue weighted by Gasteiger charge is -2.20. The zero-order valence-corrected chi connectivity index (χ0v) is 19.3. The van der Waals surface area contributed by atoms with Gasteiger partial charge in [0, 0.05) is 18.1 Å². The van der Waals surface area contributed by atoms with E-state index in [1.54, 1.807) is 19.2 Å². The minimum absolute atomic E-state index is 0.0699. The molecule has 1 unspecified atom stereocenters. The van der Waals surface area contributed by atoms with Crippen LogP contribution >= 0.6 is 0 Å². The number of fused-ring (bicyclic) bond motifs is 1. The van der Waals surface area contributed by atoms with Gasteiger partial charge >= 0.3 is 7.12 Å². The molecule has 7 nitrogen and oxygen atoms in total. The van der Waals surface area contributed by atoms with Gasteiger partial charge in [-0.15, -0.1) is 0 Å². The molecule has 35 heavy (non-hydrogen) atoms. The molecule has 0 bridgehead atoms. The molecule has 1 heterocycles. The van der Waals surface area contributed by atoms with Crippen molar-refractivity contribution in [3.05, 3.63) is 114 Å². The molecule has 0 fully saturated rings. The van der Waals surface area contributed by atoms with Gasteiger partial charge in [0.1, 0.15) is 24.2 Å². The maximum absolute atomic E-state index is 9.94. The molecule has 3 aromatic carbocycles. The SMILES string of the molecule is CN1C=C(O)OB(c2ccc(OC3CCc4c(OCc5ccccc5)cccc43)cc2)O/C(O)=C\1. The van der Waals surface area contributed by atoms with E-state index in [4.69, 9.17) is 18.8 Å². The first-order valence-corrected chi connectivity index (χ1v) is 11.5. The Kier molecular flexibility index (Phi) is 6.43. The molecule has 8 heteroatoms. The maximum atomic E-state index is 9.94. The second kappa shape index (κ2) is 9.97. The van der Waals surface area contributed by atoms with E-state index >= 15 is 0 Å². The highest BCUT2D eigenvalue weighted by molar-refractivity contribution is 6.61. The molecule has 1 aliphatic heterocycles. The van der Waals surface area contributed by atoms with Crippen molar-refractivity contribution in [1.29, 1.82) is 0 Å². The summed E-state index contributed by atoms with van der Waals surface area (Å²) < 4.78 is 23.2. The number of nitrogens with zero attached hydrogens (tertiary/aromatic N) is 1. The summed E-state index contributed by atoms with van der Waals surface area (Å²) in [5.74, 6) is 0.953. The molecule has 0 spiro atoms. The molecule has 5 rings (SSSR count). The van der Waals surface area contributed by atoms with Gasteiger partial charge in [0.05, 0.1) is 12.4 Å². The minimum Gasteiger partial charge on any atom is -0.494 e. The lowest BCUT2D eigenvalue weighted by molar-refractivity contribution is 0.124. The zero-order valence-electron chi connectivity index (χ0n) is 19.3. The molecule has 3 aromatic rings. The van der Waals surface area contributed by atoms with E-state index < -0.39 is 7.12 Å². The Morgan fingerprint density at radius 3 is 2.34 bits per heavy atom. The van der Waals surface area contributed by atoms with Crippen LogP contribution in [-0.4, -0.2) is 29.3 Å². The van der Waals surface area contributed by atoms with Crippen molar-refractivity contribution < 1.29 is 29.0 Å². The fraction of sp³-hybridized carbons (Fsp3) is 0.185. The van der Waals surface area contributed by atoms with Gasteiger partial charge in [-0.25, -0.2) is 0 Å². The zero-order chi connectivity index (χ0) is 24.2. The summed E-state index contributed by atoms with van der Waals surface area (Å²) in [5, 5.41) is 19.9. The lowest BCUT2D eigenvalue weighted by atomic mass is 9.79. The molecule has 0 aromatic heterocycles. The van der Waals surface area contributed by atoms with Crippen LogP contribution in [0.2, 0.25) is 0 Å². The highest BCUT2D eigenvalue weighted by atomic mass is 16.7. The standard InChI is InChI=1S/C27H26BNO6/c1-29-16-26(30)34-28(35-27(31)17-29)20-10-12-21(13-11-20)33-25-15-14-23-22(25)8-5-9-24(23)32-18-19-6-3-2-4-7-19/h2-13,16-17,25,30-31H,14-15,18H2,1H3/b26-16-,27-17?. The number of hydrogen-bond acceptors (Lipinski definition) is 7. The highest BCUT2D eigenvalue weighted by Crippen LogP contribution is 2.39. The normalized spacial score (nSPS) is 18.7. The van der Waals surface area contributed by atoms with E-state index in [1.165, 1.54) is 22.9 Å². The van der Waals surface area contributed by atoms with Gasteiger partial charge in [0.15, 0.2) is 0 Å². The van der Waals surface area contributed by atoms with Gasteiger partial charge < -0.3 is 33.9 Å². The summed E-state index contributed by atoms with van der Waals surface area (Å²) in [5.41, 5.74) is 4.08. The summed E-state index contributed by atoms with van der Waals surface area (Å²) in [7, 11) is 0.632. The average Bonchev–Trinajstić information content (AvgIpc) is 3.26. The quantitative estimate of drug-likeness (QED) is 0.504. The van der Waals surface area contributed by atoms with Crippen molar-refractivity contribution in [3.8, 4) is 11.5 Å². The summed E-state index contributed by atoms with van der Waals surface area (Å²) in [6.07, 6.45) is 4.34. The summed E-state index contributed by atoms with van der Waals surface area (Å²) in [4.78, 5) is 1.43. The fourth-order valence-corrected chi connectivity index (χ4v) is 4.27. The average molecular weight is 471 g/mol. The minimum atomic E-state index is -0.998. The van der Waals surface area contributed by atoms with Crippen LogP contribution in [0.25, 0.3) is 0 Å². The van der Waals surface area contributed by atoms with Gasteiger partial charge in [0.2, 0.25) is 0 Å². The largest absolute Gasteiger partial charge is 0.636 e. The van der Waals surface area contributed by atoms with E-state index in [9.17, 15) is 10.2 Å². The molecule has 2 N–H and O–H groups in total. The molecular weight excluding hydrogens is 445 g/mol. The molecule has 0 radical (unpaired) electrons. The number of rotatable bonds is 6. The molecular formula is C27H26BNO6. The van der Waals surface area contributed by atoms with Crippen LogP contribution in [0.5, 0.6) is 11.5 Å². The molecule has 0 amide bonds. The Bertz CT molecular complexity index is 1210. The van der Waals surface area contributed by atoms with Crippen molar-refractivity contribution in [1.82, 2.24) is 4.90 Å². The van der Waals surface area contributed by atoms with Crippen LogP contribution in [0.4, 0.5) is 0 Å². The third-order valence-electron chi connectivity index (χ3n) is 5.92. The second-order valence-electron chi connectivity index (χ2n) is 8.48. The Morgan fingerprint density at radius 1 is 0.914 bits per heavy atom. The summed E-state index contributed by atoms with van der Waals surface area (Å²) in [6, 6.07) is 23.4. The van der Waals surface area contributed by atoms with Crippen LogP contribution in [0.15, 0.2) is 97.1 Å². The van der Waals surface area contributed by atoms with Crippen LogP contribution in [0, 0.1) is 0 Å². The number of ether oxygens (including phenoxy) is 2. The molecule has 1 atom stereocenters. The molecule has 178 valence electrons. The second-order valence-corrected chi connectivity index (χ2v) is 8.48. The number of benzene rings is 3. The number of hydrogen-bond donors (Lipinski definition) is 2. The molecule has 0 saturated carbocycles. The smallest absolute Gasteiger partial charge is 0.494 e. The number of aliphatic hydroxyl groups excluding tert-OH is 2. The molecule has 0 saturated heterocycles. The lowest BCUT2D eigenvalue weighted by Crippen LogP contribution is -2.37. The Hall–Kier alpha value is -4.20. The van der Waals surface area contributed by atoms with Crippen LogP contribution in [0.1, 0.15) is 29.2 Å². The van der Waals surface area contributed by atoms with Crippen molar-refractivity contribution in [2.45, 2.75) is 25.6 Å². The van der Waals surface area contributed by atoms with Gasteiger partial charge in [0.25, 0.3) is 11.9 Å². The van der Waals surface area contributed by atoms with E-state index in [0.717, 1.165) is 29.7 Å². The highest BCUT2D eigenvalue weighted by Gasteiger charge is 2.31. The van der Waals surface area contributed by atoms with Crippen LogP contribution in [0.3, 0.4) is 0 Å². The number of aliphatic hydroxyl groups is 2. The first-order valence-electron chi connectivity index (χ1n) is 11.5. The van der Waals surface area contributed by atoms with E-state index in [1.807, 2.05) is 42.5 Å². The molecule has 1 aliphatic carbocycles. The van der Waals surface area contributed by atoms with Crippen molar-refractivity contribution in [2.24, 2.45) is 0 Å². The Balaban J connectivity index is 1.26. The molecule has 2 aliphatic rings. The van der Waals surface area contributed by atoms with E-state index in [-0.39, 0.29) is 18.0 Å². The van der Waals surface area contributed by atoms with E-state index in [0.29, 0.717) is 17.8 Å². The monoisotopic (exact) mass is 471 g/mol. The Morgan fingerprint density at radius 2 is 1.63 bits per heavy atom. The van der Waals surface area contributed by atoms with Crippen molar-refractivity contribution >= 4 is 12.6 Å². The van der Waals surface area contributed by atoms with Crippen LogP contribution < -0.4 is 14.9 Å². The third kappa shape index (κ3) is 5.32. The topological polar surface area (TPSA) is 80.6 Å². The first kappa shape index (κ1) is 22.6. The van der Waals surface area contributed by atoms with Gasteiger partial charge in [-0.3, -0.25) is 0 Å². The fourth-order valence-electron chi connectivity index (χ4n) is 4.27. The first-order chi connectivity index (χ1) is 17.0. The van der Waals surface area contributed by atoms with Gasteiger partial charge in [-0.2, -0.15) is 0 Å². The Labute approximate surface area is 204 Å². The van der Waals surface area contributed by atoms with Crippen LogP contribution in [-0.2, 0) is 22.3 Å². The maximum Gasteiger partial charge on any atom is 0.636 e. The summed E-state index contributed by atoms with van der Waals surface area (Å²) in [6.45, 7) is 0.529. The summed E-state index contributed by atoms with van der Waals surface area (Å²) >= 11 is 0. The van der Waals surface area contributed by atoms with Crippen molar-refractivity contribution in [3.63, 3.8) is 0 Å². The predicted molar refractivity (Wildman–Crippen MR) is 132 cm³/mol. The van der Waals surface area contributed by atoms with E-state index in [2.05, 4.69) is 18.2 Å². The van der Waals surface area contributed by atoms with Gasteiger partial charge in [-0.1, -0.05) is 54.6 Å².